The van der Waals surface area contributed by atoms with E-state index in [1.807, 2.05) is 25.1 Å². The molecule has 1 saturated carbocycles. The van der Waals surface area contributed by atoms with Gasteiger partial charge >= 0.3 is 0 Å². The summed E-state index contributed by atoms with van der Waals surface area (Å²) in [5.74, 6) is 0.970. The quantitative estimate of drug-likeness (QED) is 0.859. The summed E-state index contributed by atoms with van der Waals surface area (Å²) in [6.45, 7) is 1.89. The number of hydrogen-bond donors (Lipinski definition) is 1. The molecule has 0 heterocycles. The highest BCUT2D eigenvalue weighted by Gasteiger charge is 2.29. The maximum atomic E-state index is 10.5. The van der Waals surface area contributed by atoms with E-state index in [9.17, 15) is 5.11 Å². The smallest absolute Gasteiger partial charge is 0.196 e. The van der Waals surface area contributed by atoms with Gasteiger partial charge in [-0.1, -0.05) is 43.2 Å². The van der Waals surface area contributed by atoms with Gasteiger partial charge in [0.15, 0.2) is 6.29 Å². The Bertz CT molecular complexity index is 638. The molecule has 22 heavy (non-hydrogen) atoms. The van der Waals surface area contributed by atoms with Crippen LogP contribution in [0.1, 0.15) is 44.1 Å². The monoisotopic (exact) mass is 300 g/mol. The third kappa shape index (κ3) is 2.96. The van der Waals surface area contributed by atoms with E-state index in [-0.39, 0.29) is 18.3 Å². The van der Waals surface area contributed by atoms with E-state index in [0.717, 1.165) is 37.0 Å². The van der Waals surface area contributed by atoms with Gasteiger partial charge in [0.05, 0.1) is 6.10 Å². The number of ether oxygens (including phenoxy) is 2. The van der Waals surface area contributed by atoms with Crippen molar-refractivity contribution in [2.45, 2.75) is 50.9 Å². The number of methoxy groups -OCH3 is 1. The van der Waals surface area contributed by atoms with Gasteiger partial charge in [0, 0.05) is 18.6 Å². The van der Waals surface area contributed by atoms with Crippen LogP contribution in [0.5, 0.6) is 5.75 Å². The number of aliphatic hydroxyl groups is 1. The average Bonchev–Trinajstić information content (AvgIpc) is 2.55. The number of hydrogen-bond acceptors (Lipinski definition) is 3. The van der Waals surface area contributed by atoms with E-state index >= 15 is 0 Å². The van der Waals surface area contributed by atoms with Crippen molar-refractivity contribution < 1.29 is 14.6 Å². The van der Waals surface area contributed by atoms with E-state index in [1.54, 1.807) is 7.11 Å². The first-order valence-electron chi connectivity index (χ1n) is 8.10. The van der Waals surface area contributed by atoms with Gasteiger partial charge in [-0.2, -0.15) is 0 Å². The van der Waals surface area contributed by atoms with Crippen LogP contribution < -0.4 is 4.74 Å². The lowest BCUT2D eigenvalue weighted by Crippen LogP contribution is -2.24. The van der Waals surface area contributed by atoms with E-state index in [1.165, 1.54) is 10.8 Å². The zero-order valence-electron chi connectivity index (χ0n) is 13.3. The first kappa shape index (κ1) is 15.3. The van der Waals surface area contributed by atoms with Crippen molar-refractivity contribution in [3.8, 4) is 5.75 Å². The molecule has 0 bridgehead atoms. The van der Waals surface area contributed by atoms with Gasteiger partial charge in [-0.05, 0) is 36.6 Å². The molecule has 3 nitrogen and oxygen atoms in total. The number of benzene rings is 2. The van der Waals surface area contributed by atoms with E-state index < -0.39 is 0 Å². The second kappa shape index (κ2) is 6.67. The number of aliphatic hydroxyl groups excluding tert-OH is 1. The van der Waals surface area contributed by atoms with Crippen LogP contribution in [-0.2, 0) is 4.74 Å². The minimum atomic E-state index is -0.305. The standard InChI is InChI=1S/C19H24O3/c1-13(21-2)22-18-12-11-14-7-3-4-8-15(14)19(18)16-9-5-6-10-17(16)20/h3-4,7-8,11-13,16-17,20H,5-6,9-10H2,1-2H3/t13-,16+,17-/m0/s1. The van der Waals surface area contributed by atoms with Gasteiger partial charge < -0.3 is 14.6 Å². The molecule has 3 rings (SSSR count). The fraction of sp³-hybridized carbons (Fsp3) is 0.474. The molecule has 1 aliphatic carbocycles. The number of rotatable bonds is 4. The van der Waals surface area contributed by atoms with Crippen molar-refractivity contribution in [1.82, 2.24) is 0 Å². The Kier molecular flexibility index (Phi) is 4.65. The van der Waals surface area contributed by atoms with E-state index in [2.05, 4.69) is 18.2 Å². The van der Waals surface area contributed by atoms with Crippen molar-refractivity contribution in [1.29, 1.82) is 0 Å². The van der Waals surface area contributed by atoms with Crippen LogP contribution >= 0.6 is 0 Å². The van der Waals surface area contributed by atoms with E-state index in [4.69, 9.17) is 9.47 Å². The molecule has 1 N–H and O–H groups in total. The normalized spacial score (nSPS) is 23.4. The SMILES string of the molecule is CO[C@H](C)Oc1ccc2ccccc2c1[C@@H]1CCCC[C@@H]1O. The molecule has 3 atom stereocenters. The highest BCUT2D eigenvalue weighted by Crippen LogP contribution is 2.42. The van der Waals surface area contributed by atoms with Gasteiger partial charge in [0.2, 0.25) is 0 Å². The first-order valence-corrected chi connectivity index (χ1v) is 8.10. The topological polar surface area (TPSA) is 38.7 Å². The van der Waals surface area contributed by atoms with Crippen molar-refractivity contribution in [2.75, 3.05) is 7.11 Å². The summed E-state index contributed by atoms with van der Waals surface area (Å²) in [7, 11) is 1.64. The Hall–Kier alpha value is -1.58. The van der Waals surface area contributed by atoms with Gasteiger partial charge in [-0.25, -0.2) is 0 Å². The highest BCUT2D eigenvalue weighted by molar-refractivity contribution is 5.88. The zero-order chi connectivity index (χ0) is 15.5. The average molecular weight is 300 g/mol. The third-order valence-corrected chi connectivity index (χ3v) is 4.66. The predicted octanol–water partition coefficient (Wildman–Crippen LogP) is 4.23. The Morgan fingerprint density at radius 1 is 1.09 bits per heavy atom. The molecule has 0 spiro atoms. The molecule has 0 unspecified atom stereocenters. The summed E-state index contributed by atoms with van der Waals surface area (Å²) in [6, 6.07) is 12.4. The first-order chi connectivity index (χ1) is 10.7. The minimum absolute atomic E-state index is 0.138. The van der Waals surface area contributed by atoms with Crippen LogP contribution in [0.3, 0.4) is 0 Å². The molecular weight excluding hydrogens is 276 g/mol. The summed E-state index contributed by atoms with van der Waals surface area (Å²) >= 11 is 0. The van der Waals surface area contributed by atoms with Gasteiger partial charge in [-0.3, -0.25) is 0 Å². The lowest BCUT2D eigenvalue weighted by Gasteiger charge is -2.31. The van der Waals surface area contributed by atoms with Crippen LogP contribution in [0.4, 0.5) is 0 Å². The van der Waals surface area contributed by atoms with Crippen LogP contribution in [0, 0.1) is 0 Å². The minimum Gasteiger partial charge on any atom is -0.465 e. The van der Waals surface area contributed by atoms with Gasteiger partial charge in [0.1, 0.15) is 5.75 Å². The molecule has 0 amide bonds. The van der Waals surface area contributed by atoms with E-state index in [0.29, 0.717) is 0 Å². The molecular formula is C19H24O3. The highest BCUT2D eigenvalue weighted by atomic mass is 16.7. The molecule has 0 aliphatic heterocycles. The fourth-order valence-electron chi connectivity index (χ4n) is 3.44. The van der Waals surface area contributed by atoms with Crippen molar-refractivity contribution >= 4 is 10.8 Å². The Labute approximate surface area is 131 Å². The van der Waals surface area contributed by atoms with Crippen LogP contribution in [0.15, 0.2) is 36.4 Å². The van der Waals surface area contributed by atoms with Gasteiger partial charge in [0.25, 0.3) is 0 Å². The molecule has 0 radical (unpaired) electrons. The number of fused-ring (bicyclic) bond motifs is 1. The summed E-state index contributed by atoms with van der Waals surface area (Å²) in [6.07, 6.45) is 3.54. The lowest BCUT2D eigenvalue weighted by molar-refractivity contribution is -0.0395. The zero-order valence-corrected chi connectivity index (χ0v) is 13.3. The summed E-state index contributed by atoms with van der Waals surface area (Å²) in [5, 5.41) is 12.9. The largest absolute Gasteiger partial charge is 0.465 e. The van der Waals surface area contributed by atoms with Gasteiger partial charge in [-0.15, -0.1) is 0 Å². The second-order valence-electron chi connectivity index (χ2n) is 6.08. The third-order valence-electron chi connectivity index (χ3n) is 4.66. The lowest BCUT2D eigenvalue weighted by atomic mass is 9.79. The molecule has 3 heteroatoms. The fourth-order valence-corrected chi connectivity index (χ4v) is 3.44. The molecule has 0 aromatic heterocycles. The van der Waals surface area contributed by atoms with Crippen LogP contribution in [-0.4, -0.2) is 24.6 Å². The molecule has 1 aliphatic rings. The maximum Gasteiger partial charge on any atom is 0.196 e. The summed E-state index contributed by atoms with van der Waals surface area (Å²) in [5.41, 5.74) is 1.13. The molecule has 118 valence electrons. The molecule has 1 fully saturated rings. The predicted molar refractivity (Wildman–Crippen MR) is 88.3 cm³/mol. The van der Waals surface area contributed by atoms with Crippen LogP contribution in [0.2, 0.25) is 0 Å². The Balaban J connectivity index is 2.11. The summed E-state index contributed by atoms with van der Waals surface area (Å²) in [4.78, 5) is 0. The van der Waals surface area contributed by atoms with Crippen molar-refractivity contribution in [3.63, 3.8) is 0 Å². The Morgan fingerprint density at radius 2 is 1.86 bits per heavy atom. The molecule has 2 aromatic carbocycles. The molecule has 0 saturated heterocycles. The van der Waals surface area contributed by atoms with Crippen molar-refractivity contribution in [2.24, 2.45) is 0 Å². The summed E-state index contributed by atoms with van der Waals surface area (Å²) < 4.78 is 11.2. The van der Waals surface area contributed by atoms with Crippen LogP contribution in [0.25, 0.3) is 10.8 Å². The van der Waals surface area contributed by atoms with Crippen molar-refractivity contribution in [3.05, 3.63) is 42.0 Å². The molecule has 2 aromatic rings. The maximum absolute atomic E-state index is 10.5. The second-order valence-corrected chi connectivity index (χ2v) is 6.08. The Morgan fingerprint density at radius 3 is 2.64 bits per heavy atom.